The summed E-state index contributed by atoms with van der Waals surface area (Å²) in [6.07, 6.45) is 1.71. The average molecular weight is 397 g/mol. The zero-order chi connectivity index (χ0) is 18.5. The maximum absolute atomic E-state index is 13.3. The van der Waals surface area contributed by atoms with Gasteiger partial charge >= 0.3 is 0 Å². The van der Waals surface area contributed by atoms with Gasteiger partial charge in [-0.2, -0.15) is 5.10 Å². The molecule has 1 aliphatic heterocycles. The number of hydrogen-bond donors (Lipinski definition) is 2. The molecule has 2 heterocycles. The van der Waals surface area contributed by atoms with Crippen molar-refractivity contribution < 1.29 is 4.79 Å². The summed E-state index contributed by atoms with van der Waals surface area (Å²) >= 11 is 0. The van der Waals surface area contributed by atoms with Crippen LogP contribution in [0.4, 0.5) is 0 Å². The Hall–Kier alpha value is -2.63. The maximum atomic E-state index is 13.3. The van der Waals surface area contributed by atoms with Crippen LogP contribution >= 0.6 is 12.4 Å². The Bertz CT molecular complexity index is 895. The first-order valence-electron chi connectivity index (χ1n) is 9.45. The van der Waals surface area contributed by atoms with Gasteiger partial charge in [-0.3, -0.25) is 9.89 Å². The van der Waals surface area contributed by atoms with Crippen LogP contribution in [0, 0.1) is 0 Å². The molecule has 28 heavy (non-hydrogen) atoms. The van der Waals surface area contributed by atoms with Crippen LogP contribution in [0.25, 0.3) is 0 Å². The predicted octanol–water partition coefficient (Wildman–Crippen LogP) is 3.36. The van der Waals surface area contributed by atoms with Crippen molar-refractivity contribution in [2.75, 3.05) is 13.1 Å². The first kappa shape index (κ1) is 20.1. The molecule has 0 radical (unpaired) electrons. The molecular weight excluding hydrogens is 372 g/mol. The van der Waals surface area contributed by atoms with Gasteiger partial charge in [0.15, 0.2) is 5.69 Å². The summed E-state index contributed by atoms with van der Waals surface area (Å²) in [5.41, 5.74) is 5.01. The van der Waals surface area contributed by atoms with Crippen molar-refractivity contribution in [2.24, 2.45) is 0 Å². The van der Waals surface area contributed by atoms with E-state index in [1.165, 1.54) is 5.56 Å². The Morgan fingerprint density at radius 3 is 2.39 bits per heavy atom. The molecule has 1 aromatic heterocycles. The molecule has 0 saturated heterocycles. The minimum Gasteiger partial charge on any atom is -0.333 e. The molecule has 0 spiro atoms. The molecule has 1 amide bonds. The lowest BCUT2D eigenvalue weighted by Gasteiger charge is -2.23. The number of rotatable bonds is 6. The summed E-state index contributed by atoms with van der Waals surface area (Å²) in [6.45, 7) is 2.86. The van der Waals surface area contributed by atoms with Gasteiger partial charge < -0.3 is 10.2 Å². The Morgan fingerprint density at radius 1 is 1.00 bits per heavy atom. The molecule has 4 rings (SSSR count). The third-order valence-corrected chi connectivity index (χ3v) is 5.03. The highest BCUT2D eigenvalue weighted by atomic mass is 35.5. The van der Waals surface area contributed by atoms with Gasteiger partial charge in [-0.15, -0.1) is 12.4 Å². The first-order chi connectivity index (χ1) is 13.3. The molecule has 146 valence electrons. The number of nitrogens with one attached hydrogen (secondary N) is 2. The SMILES string of the molecule is Cl.O=C(c1n[nH]c2c1CNCC2)N(CCc1ccccc1)Cc1ccccc1. The number of halogens is 1. The fraction of sp³-hybridized carbons (Fsp3) is 0.273. The highest BCUT2D eigenvalue weighted by Crippen LogP contribution is 2.18. The molecule has 6 heteroatoms. The second-order valence-electron chi connectivity index (χ2n) is 6.90. The largest absolute Gasteiger partial charge is 0.333 e. The van der Waals surface area contributed by atoms with Crippen molar-refractivity contribution in [1.29, 1.82) is 0 Å². The van der Waals surface area contributed by atoms with Crippen molar-refractivity contribution >= 4 is 18.3 Å². The van der Waals surface area contributed by atoms with Gasteiger partial charge in [-0.1, -0.05) is 60.7 Å². The lowest BCUT2D eigenvalue weighted by molar-refractivity contribution is 0.0737. The van der Waals surface area contributed by atoms with Gasteiger partial charge in [0.05, 0.1) is 0 Å². The third kappa shape index (κ3) is 4.61. The smallest absolute Gasteiger partial charge is 0.275 e. The molecule has 1 aliphatic rings. The van der Waals surface area contributed by atoms with E-state index in [2.05, 4.69) is 39.8 Å². The highest BCUT2D eigenvalue weighted by molar-refractivity contribution is 5.94. The number of nitrogens with zero attached hydrogens (tertiary/aromatic N) is 2. The van der Waals surface area contributed by atoms with E-state index in [0.29, 0.717) is 25.3 Å². The summed E-state index contributed by atoms with van der Waals surface area (Å²) in [5.74, 6) is -0.00372. The molecule has 2 N–H and O–H groups in total. The Kier molecular flexibility index (Phi) is 6.85. The zero-order valence-corrected chi connectivity index (χ0v) is 16.5. The molecule has 0 fully saturated rings. The summed E-state index contributed by atoms with van der Waals surface area (Å²) < 4.78 is 0. The van der Waals surface area contributed by atoms with Crippen LogP contribution in [0.15, 0.2) is 60.7 Å². The quantitative estimate of drug-likeness (QED) is 0.671. The second kappa shape index (κ2) is 9.53. The predicted molar refractivity (Wildman–Crippen MR) is 113 cm³/mol. The standard InChI is InChI=1S/C22H24N4O.ClH/c27-22(21-19-15-23-13-11-20(19)24-25-21)26(16-18-9-5-2-6-10-18)14-12-17-7-3-1-4-8-17;/h1-10,23H,11-16H2,(H,24,25);1H. The Morgan fingerprint density at radius 2 is 1.68 bits per heavy atom. The van der Waals surface area contributed by atoms with E-state index in [4.69, 9.17) is 0 Å². The molecule has 0 saturated carbocycles. The van der Waals surface area contributed by atoms with E-state index in [1.807, 2.05) is 41.3 Å². The number of H-pyrrole nitrogens is 1. The topological polar surface area (TPSA) is 61.0 Å². The number of carbonyl (C=O) groups is 1. The number of aromatic nitrogens is 2. The van der Waals surface area contributed by atoms with E-state index in [-0.39, 0.29) is 18.3 Å². The molecule has 0 aliphatic carbocycles. The van der Waals surface area contributed by atoms with Crippen LogP contribution in [0.3, 0.4) is 0 Å². The van der Waals surface area contributed by atoms with E-state index in [0.717, 1.165) is 36.2 Å². The summed E-state index contributed by atoms with van der Waals surface area (Å²) in [6, 6.07) is 20.4. The highest BCUT2D eigenvalue weighted by Gasteiger charge is 2.25. The van der Waals surface area contributed by atoms with E-state index in [9.17, 15) is 4.79 Å². The van der Waals surface area contributed by atoms with Crippen molar-refractivity contribution in [3.8, 4) is 0 Å². The summed E-state index contributed by atoms with van der Waals surface area (Å²) in [7, 11) is 0. The van der Waals surface area contributed by atoms with Gasteiger partial charge in [0.1, 0.15) is 0 Å². The van der Waals surface area contributed by atoms with Crippen molar-refractivity contribution in [3.63, 3.8) is 0 Å². The minimum absolute atomic E-state index is 0. The zero-order valence-electron chi connectivity index (χ0n) is 15.7. The molecule has 0 unspecified atom stereocenters. The van der Waals surface area contributed by atoms with Crippen LogP contribution < -0.4 is 5.32 Å². The van der Waals surface area contributed by atoms with Gasteiger partial charge in [0.25, 0.3) is 5.91 Å². The molecule has 0 atom stereocenters. The average Bonchev–Trinajstić information content (AvgIpc) is 3.16. The molecule has 5 nitrogen and oxygen atoms in total. The van der Waals surface area contributed by atoms with Crippen molar-refractivity contribution in [3.05, 3.63) is 88.7 Å². The number of hydrogen-bond acceptors (Lipinski definition) is 3. The number of benzene rings is 2. The van der Waals surface area contributed by atoms with Gasteiger partial charge in [-0.05, 0) is 17.5 Å². The van der Waals surface area contributed by atoms with Crippen LogP contribution in [-0.2, 0) is 25.9 Å². The van der Waals surface area contributed by atoms with Gasteiger partial charge in [0.2, 0.25) is 0 Å². The molecule has 2 aromatic carbocycles. The van der Waals surface area contributed by atoms with Crippen molar-refractivity contribution in [1.82, 2.24) is 20.4 Å². The molecular formula is C22H25ClN4O. The number of fused-ring (bicyclic) bond motifs is 1. The Balaban J connectivity index is 0.00000225. The van der Waals surface area contributed by atoms with E-state index >= 15 is 0 Å². The lowest BCUT2D eigenvalue weighted by Crippen LogP contribution is -2.34. The first-order valence-corrected chi connectivity index (χ1v) is 9.45. The van der Waals surface area contributed by atoms with Crippen LogP contribution in [0.5, 0.6) is 0 Å². The van der Waals surface area contributed by atoms with E-state index < -0.39 is 0 Å². The monoisotopic (exact) mass is 396 g/mol. The second-order valence-corrected chi connectivity index (χ2v) is 6.90. The van der Waals surface area contributed by atoms with Crippen LogP contribution in [-0.4, -0.2) is 34.1 Å². The number of carbonyl (C=O) groups excluding carboxylic acids is 1. The van der Waals surface area contributed by atoms with Crippen LogP contribution in [0.1, 0.15) is 32.9 Å². The fourth-order valence-corrected chi connectivity index (χ4v) is 3.52. The fourth-order valence-electron chi connectivity index (χ4n) is 3.52. The van der Waals surface area contributed by atoms with Crippen molar-refractivity contribution in [2.45, 2.75) is 25.9 Å². The third-order valence-electron chi connectivity index (χ3n) is 5.03. The van der Waals surface area contributed by atoms with Gasteiger partial charge in [0, 0.05) is 43.9 Å². The van der Waals surface area contributed by atoms with E-state index in [1.54, 1.807) is 0 Å². The normalized spacial score (nSPS) is 12.7. The Labute approximate surface area is 171 Å². The lowest BCUT2D eigenvalue weighted by atomic mass is 10.1. The molecule has 0 bridgehead atoms. The summed E-state index contributed by atoms with van der Waals surface area (Å²) in [4.78, 5) is 15.2. The minimum atomic E-state index is -0.00372. The molecule has 3 aromatic rings. The van der Waals surface area contributed by atoms with Crippen LogP contribution in [0.2, 0.25) is 0 Å². The summed E-state index contributed by atoms with van der Waals surface area (Å²) in [5, 5.41) is 10.8. The van der Waals surface area contributed by atoms with Gasteiger partial charge in [-0.25, -0.2) is 0 Å². The number of amides is 1. The number of aromatic amines is 1. The maximum Gasteiger partial charge on any atom is 0.275 e.